The Labute approximate surface area is 159 Å². The molecule has 0 aliphatic carbocycles. The van der Waals surface area contributed by atoms with Crippen LogP contribution in [0.3, 0.4) is 0 Å². The fourth-order valence-corrected chi connectivity index (χ4v) is 5.52. The Balaban J connectivity index is 0. The van der Waals surface area contributed by atoms with Crippen LogP contribution in [0.4, 0.5) is 0 Å². The first kappa shape index (κ1) is 27.1. The lowest BCUT2D eigenvalue weighted by atomic mass is 10.2. The van der Waals surface area contributed by atoms with Crippen LogP contribution in [-0.4, -0.2) is 53.2 Å². The molecule has 0 heterocycles. The molecule has 0 aromatic rings. The smallest absolute Gasteiger partial charge is 0.374 e. The summed E-state index contributed by atoms with van der Waals surface area (Å²) >= 11 is 0. The van der Waals surface area contributed by atoms with Crippen molar-refractivity contribution in [1.82, 2.24) is 0 Å². The Morgan fingerprint density at radius 3 is 1.77 bits per heavy atom. The van der Waals surface area contributed by atoms with E-state index >= 15 is 0 Å². The molecule has 0 spiro atoms. The molecule has 0 saturated heterocycles. The van der Waals surface area contributed by atoms with Crippen LogP contribution in [-0.2, 0) is 23.3 Å². The monoisotopic (exact) mass is 426 g/mol. The third-order valence-corrected chi connectivity index (χ3v) is 7.44. The lowest BCUT2D eigenvalue weighted by molar-refractivity contribution is 0.0706. The normalized spacial score (nSPS) is 11.0. The Morgan fingerprint density at radius 1 is 0.923 bits per heavy atom. The molecule has 0 aromatic heterocycles. The summed E-state index contributed by atoms with van der Waals surface area (Å²) in [5.41, 5.74) is 15.5. The predicted octanol–water partition coefficient (Wildman–Crippen LogP) is 2.81. The molecule has 0 aromatic carbocycles. The molecule has 0 amide bonds. The molecular formula is C12H30N6O5SSi2. The summed E-state index contributed by atoms with van der Waals surface area (Å²) < 4.78 is 45.5. The van der Waals surface area contributed by atoms with Crippen LogP contribution >= 0.6 is 0 Å². The molecule has 0 rings (SSSR count). The lowest BCUT2D eigenvalue weighted by Crippen LogP contribution is -2.45. The van der Waals surface area contributed by atoms with E-state index in [1.54, 1.807) is 0 Å². The quantitative estimate of drug-likeness (QED) is 0.137. The van der Waals surface area contributed by atoms with Crippen molar-refractivity contribution in [2.45, 2.75) is 52.5 Å². The molecule has 0 fully saturated rings. The van der Waals surface area contributed by atoms with Crippen molar-refractivity contribution in [3.63, 3.8) is 0 Å². The second-order valence-corrected chi connectivity index (χ2v) is 9.76. The second-order valence-electron chi connectivity index (χ2n) is 4.89. The molecule has 0 N–H and O–H groups in total. The van der Waals surface area contributed by atoms with Crippen molar-refractivity contribution in [1.29, 1.82) is 0 Å². The van der Waals surface area contributed by atoms with E-state index in [0.29, 0.717) is 36.6 Å². The summed E-state index contributed by atoms with van der Waals surface area (Å²) in [6, 6.07) is 0.728. The van der Waals surface area contributed by atoms with Gasteiger partial charge in [-0.25, -0.2) is 8.42 Å². The molecular weight excluding hydrogens is 396 g/mol. The van der Waals surface area contributed by atoms with Gasteiger partial charge in [0.05, 0.1) is 5.75 Å². The van der Waals surface area contributed by atoms with Crippen LogP contribution in [0.25, 0.3) is 20.9 Å². The van der Waals surface area contributed by atoms with Gasteiger partial charge in [-0.15, -0.1) is 4.78 Å². The van der Waals surface area contributed by atoms with Gasteiger partial charge in [-0.2, -0.15) is 0 Å². The molecule has 0 atom stereocenters. The SMILES string of the molecule is CCO[Si](CCCCCCS(=O)(=O)N=[N+]=[N-])(OCC)OCC.[N-]=[N+]=N[SiH3]. The van der Waals surface area contributed by atoms with Gasteiger partial charge >= 0.3 is 8.80 Å². The largest absolute Gasteiger partial charge is 0.500 e. The van der Waals surface area contributed by atoms with Crippen LogP contribution < -0.4 is 0 Å². The predicted molar refractivity (Wildman–Crippen MR) is 106 cm³/mol. The number of nitrogens with zero attached hydrogens (tertiary/aromatic N) is 6. The number of sulfonamides is 1. The fourth-order valence-electron chi connectivity index (χ4n) is 2.08. The van der Waals surface area contributed by atoms with Crippen LogP contribution in [0.1, 0.15) is 46.5 Å². The molecule has 0 unspecified atom stereocenters. The lowest BCUT2D eigenvalue weighted by Gasteiger charge is -2.28. The first-order valence-corrected chi connectivity index (χ1v) is 12.9. The van der Waals surface area contributed by atoms with E-state index in [1.165, 1.54) is 0 Å². The molecule has 0 aliphatic heterocycles. The minimum Gasteiger partial charge on any atom is -0.374 e. The Hall–Kier alpha value is -1.12. The zero-order valence-electron chi connectivity index (χ0n) is 16.0. The minimum absolute atomic E-state index is 0.109. The van der Waals surface area contributed by atoms with E-state index in [9.17, 15) is 8.42 Å². The van der Waals surface area contributed by atoms with Gasteiger partial charge in [-0.05, 0) is 49.6 Å². The van der Waals surface area contributed by atoms with Gasteiger partial charge in [0.1, 0.15) is 10.4 Å². The average Bonchev–Trinajstić information content (AvgIpc) is 2.59. The second kappa shape index (κ2) is 17.3. The highest BCUT2D eigenvalue weighted by atomic mass is 32.2. The molecule has 0 bridgehead atoms. The minimum atomic E-state index is -3.63. The van der Waals surface area contributed by atoms with Crippen LogP contribution in [0, 0.1) is 0 Å². The average molecular weight is 427 g/mol. The maximum absolute atomic E-state index is 11.2. The van der Waals surface area contributed by atoms with E-state index < -0.39 is 18.8 Å². The molecule has 0 radical (unpaired) electrons. The summed E-state index contributed by atoms with van der Waals surface area (Å²) in [6.45, 7) is 7.41. The van der Waals surface area contributed by atoms with Crippen molar-refractivity contribution in [3.05, 3.63) is 20.9 Å². The number of unbranched alkanes of at least 4 members (excludes halogenated alkanes) is 3. The Bertz CT molecular complexity index is 535. The highest BCUT2D eigenvalue weighted by Crippen LogP contribution is 2.20. The molecule has 152 valence electrons. The van der Waals surface area contributed by atoms with Gasteiger partial charge in [0.15, 0.2) is 0 Å². The van der Waals surface area contributed by atoms with Crippen LogP contribution in [0.15, 0.2) is 9.30 Å². The van der Waals surface area contributed by atoms with Gasteiger partial charge in [0.2, 0.25) is 10.0 Å². The van der Waals surface area contributed by atoms with E-state index in [-0.39, 0.29) is 5.75 Å². The molecule has 11 nitrogen and oxygen atoms in total. The Morgan fingerprint density at radius 2 is 1.38 bits per heavy atom. The number of azide groups is 2. The summed E-state index contributed by atoms with van der Waals surface area (Å²) in [5.74, 6) is -0.109. The molecule has 0 aliphatic rings. The van der Waals surface area contributed by atoms with Crippen LogP contribution in [0.5, 0.6) is 0 Å². The van der Waals surface area contributed by atoms with Gasteiger partial charge in [-0.1, -0.05) is 12.8 Å². The first-order chi connectivity index (χ1) is 12.4. The van der Waals surface area contributed by atoms with E-state index in [0.717, 1.165) is 25.3 Å². The number of hydrogen-bond donors (Lipinski definition) is 0. The maximum Gasteiger partial charge on any atom is 0.500 e. The topological polar surface area (TPSA) is 159 Å². The summed E-state index contributed by atoms with van der Waals surface area (Å²) in [7, 11) is -5.62. The van der Waals surface area contributed by atoms with Gasteiger partial charge < -0.3 is 13.3 Å². The standard InChI is InChI=1S/C12H27N3O5SSi.H3N3Si/c1-4-18-22(19-5-2,20-6-3)12-10-8-7-9-11-21(16,17)15-14-13;1-2-3-4/h4-12H2,1-3H3;4H3. The van der Waals surface area contributed by atoms with Gasteiger partial charge in [-0.3, -0.25) is 0 Å². The van der Waals surface area contributed by atoms with Gasteiger partial charge in [0.25, 0.3) is 0 Å². The molecule has 0 saturated carbocycles. The summed E-state index contributed by atoms with van der Waals surface area (Å²) in [5, 5.41) is 0. The highest BCUT2D eigenvalue weighted by Gasteiger charge is 2.39. The van der Waals surface area contributed by atoms with Crippen molar-refractivity contribution < 1.29 is 21.7 Å². The summed E-state index contributed by atoms with van der Waals surface area (Å²) in [6.07, 6.45) is 2.93. The number of hydrogen-bond acceptors (Lipinski definition) is 6. The first-order valence-electron chi connectivity index (χ1n) is 8.51. The molecule has 26 heavy (non-hydrogen) atoms. The summed E-state index contributed by atoms with van der Waals surface area (Å²) in [4.78, 5) is 4.73. The maximum atomic E-state index is 11.2. The van der Waals surface area contributed by atoms with Crippen molar-refractivity contribution in [2.24, 2.45) is 9.30 Å². The third kappa shape index (κ3) is 15.2. The fraction of sp³-hybridized carbons (Fsp3) is 1.00. The number of rotatable bonds is 14. The van der Waals surface area contributed by atoms with Crippen molar-refractivity contribution >= 4 is 29.2 Å². The zero-order valence-corrected chi connectivity index (χ0v) is 19.8. The molecule has 14 heteroatoms. The van der Waals surface area contributed by atoms with E-state index in [2.05, 4.69) is 19.1 Å². The van der Waals surface area contributed by atoms with Crippen molar-refractivity contribution in [3.8, 4) is 0 Å². The van der Waals surface area contributed by atoms with Crippen molar-refractivity contribution in [2.75, 3.05) is 25.6 Å². The Kier molecular flexibility index (Phi) is 18.0. The zero-order chi connectivity index (χ0) is 20.3. The third-order valence-electron chi connectivity index (χ3n) is 2.98. The van der Waals surface area contributed by atoms with E-state index in [4.69, 9.17) is 24.3 Å². The van der Waals surface area contributed by atoms with Crippen LogP contribution in [0.2, 0.25) is 6.04 Å². The van der Waals surface area contributed by atoms with Gasteiger partial charge in [0, 0.05) is 35.3 Å². The van der Waals surface area contributed by atoms with E-state index in [1.807, 2.05) is 20.8 Å². The highest BCUT2D eigenvalue weighted by molar-refractivity contribution is 7.89.